The van der Waals surface area contributed by atoms with E-state index in [1.807, 2.05) is 44.2 Å². The summed E-state index contributed by atoms with van der Waals surface area (Å²) >= 11 is 0. The third-order valence-electron chi connectivity index (χ3n) is 8.87. The Morgan fingerprint density at radius 3 is 1.71 bits per heavy atom. The number of benzene rings is 4. The minimum Gasteiger partial charge on any atom is -0.459 e. The van der Waals surface area contributed by atoms with Gasteiger partial charge >= 0.3 is 23.9 Å². The summed E-state index contributed by atoms with van der Waals surface area (Å²) in [5.74, 6) is -6.19. The SMILES string of the molecule is CCC1(CC)O[C@H]2[C@@H](O1)C(COC(=O)c1ccccc1)(OC(=O)c1ccccc1C(=O)OCc1ccccc1)O[C@@H]2COC(=O)c1ccccc1. The molecule has 0 amide bonds. The molecule has 4 atom stereocenters. The van der Waals surface area contributed by atoms with Crippen molar-refractivity contribution in [2.75, 3.05) is 13.2 Å². The molecule has 0 spiro atoms. The smallest absolute Gasteiger partial charge is 0.341 e. The first-order valence-electron chi connectivity index (χ1n) is 16.8. The van der Waals surface area contributed by atoms with Crippen molar-refractivity contribution in [2.24, 2.45) is 0 Å². The molecule has 1 unspecified atom stereocenters. The molecule has 11 nitrogen and oxygen atoms in total. The van der Waals surface area contributed by atoms with Gasteiger partial charge in [-0.25, -0.2) is 19.2 Å². The highest BCUT2D eigenvalue weighted by Gasteiger charge is 2.67. The molecule has 4 aromatic carbocycles. The summed E-state index contributed by atoms with van der Waals surface area (Å²) in [5, 5.41) is 0. The average molecular weight is 695 g/mol. The van der Waals surface area contributed by atoms with E-state index in [2.05, 4.69) is 0 Å². The van der Waals surface area contributed by atoms with Gasteiger partial charge in [0, 0.05) is 0 Å². The first kappa shape index (κ1) is 35.5. The number of rotatable bonds is 13. The number of ether oxygens (including phenoxy) is 7. The third kappa shape index (κ3) is 7.86. The molecule has 2 saturated heterocycles. The molecule has 11 heteroatoms. The molecule has 0 aromatic heterocycles. The van der Waals surface area contributed by atoms with E-state index in [9.17, 15) is 19.2 Å². The maximum absolute atomic E-state index is 14.1. The number of hydrogen-bond donors (Lipinski definition) is 0. The van der Waals surface area contributed by atoms with Crippen LogP contribution in [0.15, 0.2) is 115 Å². The number of fused-ring (bicyclic) bond motifs is 1. The maximum atomic E-state index is 14.1. The van der Waals surface area contributed by atoms with Crippen molar-refractivity contribution in [1.82, 2.24) is 0 Å². The van der Waals surface area contributed by atoms with Crippen LogP contribution < -0.4 is 0 Å². The minimum absolute atomic E-state index is 0.0139. The van der Waals surface area contributed by atoms with Gasteiger partial charge in [0.25, 0.3) is 5.79 Å². The summed E-state index contributed by atoms with van der Waals surface area (Å²) in [6.07, 6.45) is -2.17. The quantitative estimate of drug-likeness (QED) is 0.115. The normalized spacial score (nSPS) is 21.6. The lowest BCUT2D eigenvalue weighted by Gasteiger charge is -2.35. The molecule has 51 heavy (non-hydrogen) atoms. The van der Waals surface area contributed by atoms with Crippen molar-refractivity contribution in [2.45, 2.75) is 63.2 Å². The maximum Gasteiger partial charge on any atom is 0.341 e. The first-order valence-corrected chi connectivity index (χ1v) is 16.8. The summed E-state index contributed by atoms with van der Waals surface area (Å²) in [7, 11) is 0. The predicted molar refractivity (Wildman–Crippen MR) is 182 cm³/mol. The Kier molecular flexibility index (Phi) is 10.9. The fourth-order valence-corrected chi connectivity index (χ4v) is 6.07. The zero-order valence-electron chi connectivity index (χ0n) is 28.2. The van der Waals surface area contributed by atoms with Crippen LogP contribution in [0.1, 0.15) is 73.7 Å². The molecule has 2 aliphatic heterocycles. The Labute approximate surface area is 295 Å². The van der Waals surface area contributed by atoms with Crippen molar-refractivity contribution in [1.29, 1.82) is 0 Å². The Hall–Kier alpha value is -5.36. The van der Waals surface area contributed by atoms with Gasteiger partial charge in [-0.05, 0) is 54.8 Å². The zero-order valence-corrected chi connectivity index (χ0v) is 28.2. The summed E-state index contributed by atoms with van der Waals surface area (Å²) < 4.78 is 42.4. The minimum atomic E-state index is -2.08. The van der Waals surface area contributed by atoms with Crippen LogP contribution in [0.2, 0.25) is 0 Å². The highest BCUT2D eigenvalue weighted by atomic mass is 16.8. The molecular weight excluding hydrogens is 656 g/mol. The Morgan fingerprint density at radius 2 is 1.12 bits per heavy atom. The highest BCUT2D eigenvalue weighted by molar-refractivity contribution is 6.03. The van der Waals surface area contributed by atoms with E-state index in [0.717, 1.165) is 5.56 Å². The molecule has 2 fully saturated rings. The lowest BCUT2D eigenvalue weighted by Crippen LogP contribution is -2.51. The van der Waals surface area contributed by atoms with E-state index in [4.69, 9.17) is 33.2 Å². The van der Waals surface area contributed by atoms with Gasteiger partial charge < -0.3 is 33.2 Å². The van der Waals surface area contributed by atoms with Crippen LogP contribution in [0.3, 0.4) is 0 Å². The second-order valence-corrected chi connectivity index (χ2v) is 12.1. The summed E-state index contributed by atoms with van der Waals surface area (Å²) in [5.41, 5.74) is 1.20. The van der Waals surface area contributed by atoms with Crippen LogP contribution in [-0.4, -0.2) is 67.0 Å². The molecule has 6 rings (SSSR count). The number of carbonyl (C=O) groups is 4. The van der Waals surface area contributed by atoms with Crippen LogP contribution in [0, 0.1) is 0 Å². The fraction of sp³-hybridized carbons (Fsp3) is 0.300. The summed E-state index contributed by atoms with van der Waals surface area (Å²) in [6.45, 7) is 2.85. The lowest BCUT2D eigenvalue weighted by atomic mass is 10.0. The van der Waals surface area contributed by atoms with E-state index in [1.165, 1.54) is 12.1 Å². The molecule has 0 saturated carbocycles. The predicted octanol–water partition coefficient (Wildman–Crippen LogP) is 6.31. The van der Waals surface area contributed by atoms with Crippen molar-refractivity contribution >= 4 is 23.9 Å². The van der Waals surface area contributed by atoms with Crippen molar-refractivity contribution in [3.8, 4) is 0 Å². The van der Waals surface area contributed by atoms with Gasteiger partial charge in [0.05, 0.1) is 22.3 Å². The summed E-state index contributed by atoms with van der Waals surface area (Å²) in [6, 6.07) is 31.9. The molecular formula is C40H38O11. The van der Waals surface area contributed by atoms with Crippen LogP contribution >= 0.6 is 0 Å². The Morgan fingerprint density at radius 1 is 0.588 bits per heavy atom. The van der Waals surface area contributed by atoms with E-state index in [1.54, 1.807) is 72.8 Å². The number of esters is 4. The zero-order chi connectivity index (χ0) is 35.8. The molecule has 0 bridgehead atoms. The van der Waals surface area contributed by atoms with Gasteiger partial charge in [-0.1, -0.05) is 92.7 Å². The molecule has 4 aromatic rings. The van der Waals surface area contributed by atoms with Crippen LogP contribution in [0.5, 0.6) is 0 Å². The van der Waals surface area contributed by atoms with E-state index < -0.39 is 60.4 Å². The van der Waals surface area contributed by atoms with Crippen LogP contribution in [-0.2, 0) is 39.8 Å². The molecule has 264 valence electrons. The Balaban J connectivity index is 1.30. The van der Waals surface area contributed by atoms with E-state index in [-0.39, 0.29) is 29.9 Å². The molecule has 0 radical (unpaired) electrons. The van der Waals surface area contributed by atoms with Crippen molar-refractivity contribution in [3.63, 3.8) is 0 Å². The van der Waals surface area contributed by atoms with Gasteiger partial charge in [-0.15, -0.1) is 0 Å². The van der Waals surface area contributed by atoms with Crippen molar-refractivity contribution < 1.29 is 52.3 Å². The average Bonchev–Trinajstić information content (AvgIpc) is 3.71. The van der Waals surface area contributed by atoms with Gasteiger partial charge in [0.15, 0.2) is 18.5 Å². The second-order valence-electron chi connectivity index (χ2n) is 12.1. The Bertz CT molecular complexity index is 1830. The second kappa shape index (κ2) is 15.7. The standard InChI is InChI=1S/C40H38O11/c1-3-39(4-2)49-33-32(25-46-35(41)28-18-10-6-11-19-28)48-40(34(33)50-39,26-47-36(42)29-20-12-7-13-21-29)51-38(44)31-23-15-14-22-30(31)37(43)45-24-27-16-8-5-9-17-27/h5-23,32-34H,3-4,24-26H2,1-2H3/t32-,33-,34-,40?/m1/s1. The van der Waals surface area contributed by atoms with Gasteiger partial charge in [-0.3, -0.25) is 0 Å². The first-order chi connectivity index (χ1) is 24.8. The number of carbonyl (C=O) groups excluding carboxylic acids is 4. The van der Waals surface area contributed by atoms with Crippen molar-refractivity contribution in [3.05, 3.63) is 143 Å². The van der Waals surface area contributed by atoms with Gasteiger partial charge in [0.2, 0.25) is 0 Å². The molecule has 2 aliphatic rings. The molecule has 0 aliphatic carbocycles. The largest absolute Gasteiger partial charge is 0.459 e. The fourth-order valence-electron chi connectivity index (χ4n) is 6.07. The van der Waals surface area contributed by atoms with E-state index in [0.29, 0.717) is 18.4 Å². The number of hydrogen-bond acceptors (Lipinski definition) is 11. The summed E-state index contributed by atoms with van der Waals surface area (Å²) in [4.78, 5) is 53.5. The lowest BCUT2D eigenvalue weighted by molar-refractivity contribution is -0.293. The topological polar surface area (TPSA) is 133 Å². The molecule has 2 heterocycles. The van der Waals surface area contributed by atoms with Gasteiger partial charge in [-0.2, -0.15) is 0 Å². The molecule has 0 N–H and O–H groups in total. The van der Waals surface area contributed by atoms with Crippen LogP contribution in [0.25, 0.3) is 0 Å². The van der Waals surface area contributed by atoms with Gasteiger partial charge in [0.1, 0.15) is 25.4 Å². The monoisotopic (exact) mass is 694 g/mol. The van der Waals surface area contributed by atoms with Crippen LogP contribution in [0.4, 0.5) is 0 Å². The van der Waals surface area contributed by atoms with E-state index >= 15 is 0 Å². The third-order valence-corrected chi connectivity index (χ3v) is 8.87. The highest BCUT2D eigenvalue weighted by Crippen LogP contribution is 2.48.